The zero-order valence-electron chi connectivity index (χ0n) is 6.67. The van der Waals surface area contributed by atoms with Crippen LogP contribution in [0.3, 0.4) is 0 Å². The third-order valence-corrected chi connectivity index (χ3v) is 1.88. The largest absolute Gasteiger partial charge is 0.392 e. The van der Waals surface area contributed by atoms with Crippen LogP contribution in [0.1, 0.15) is 23.2 Å². The van der Waals surface area contributed by atoms with Crippen LogP contribution in [0.15, 0.2) is 12.3 Å². The maximum Gasteiger partial charge on any atom is 0.280 e. The van der Waals surface area contributed by atoms with Crippen molar-refractivity contribution in [1.29, 1.82) is 0 Å². The Balaban J connectivity index is 3.08. The number of hydrogen-bond donors (Lipinski definition) is 1. The topological polar surface area (TPSA) is 33.1 Å². The van der Waals surface area contributed by atoms with E-state index in [4.69, 9.17) is 16.7 Å². The highest BCUT2D eigenvalue weighted by Gasteiger charge is 2.14. The van der Waals surface area contributed by atoms with Gasteiger partial charge in [-0.25, -0.2) is 8.78 Å². The summed E-state index contributed by atoms with van der Waals surface area (Å²) >= 11 is 5.45. The van der Waals surface area contributed by atoms with Crippen LogP contribution in [0, 0.1) is 0 Å². The summed E-state index contributed by atoms with van der Waals surface area (Å²) in [5.74, 6) is -0.0273. The molecule has 0 aliphatic carbocycles. The fourth-order valence-corrected chi connectivity index (χ4v) is 1.17. The lowest BCUT2D eigenvalue weighted by Gasteiger charge is -2.06. The zero-order valence-corrected chi connectivity index (χ0v) is 7.43. The van der Waals surface area contributed by atoms with Gasteiger partial charge in [0.25, 0.3) is 6.43 Å². The van der Waals surface area contributed by atoms with Gasteiger partial charge in [0, 0.05) is 12.1 Å². The Morgan fingerprint density at radius 3 is 2.69 bits per heavy atom. The molecule has 0 radical (unpaired) electrons. The Morgan fingerprint density at radius 2 is 2.23 bits per heavy atom. The summed E-state index contributed by atoms with van der Waals surface area (Å²) in [6, 6.07) is 1.43. The van der Waals surface area contributed by atoms with Gasteiger partial charge in [-0.2, -0.15) is 0 Å². The SMILES string of the molecule is OCc1cnc(C(F)F)c(CCl)c1. The van der Waals surface area contributed by atoms with Crippen molar-refractivity contribution in [2.24, 2.45) is 0 Å². The van der Waals surface area contributed by atoms with E-state index in [1.807, 2.05) is 0 Å². The highest BCUT2D eigenvalue weighted by atomic mass is 35.5. The molecular weight excluding hydrogens is 200 g/mol. The van der Waals surface area contributed by atoms with E-state index in [1.165, 1.54) is 12.3 Å². The third-order valence-electron chi connectivity index (χ3n) is 1.59. The Hall–Kier alpha value is -0.740. The summed E-state index contributed by atoms with van der Waals surface area (Å²) in [6.07, 6.45) is -1.40. The van der Waals surface area contributed by atoms with Crippen LogP contribution in [0.5, 0.6) is 0 Å². The molecule has 0 fully saturated rings. The number of aliphatic hydroxyl groups is 1. The Morgan fingerprint density at radius 1 is 1.54 bits per heavy atom. The van der Waals surface area contributed by atoms with Crippen molar-refractivity contribution in [2.45, 2.75) is 18.9 Å². The van der Waals surface area contributed by atoms with E-state index in [2.05, 4.69) is 4.98 Å². The summed E-state index contributed by atoms with van der Waals surface area (Å²) in [7, 11) is 0. The Bertz CT molecular complexity index is 293. The Kier molecular flexibility index (Phi) is 3.57. The van der Waals surface area contributed by atoms with Gasteiger partial charge >= 0.3 is 0 Å². The van der Waals surface area contributed by atoms with Gasteiger partial charge in [-0.05, 0) is 17.2 Å². The molecule has 72 valence electrons. The molecule has 1 rings (SSSR count). The summed E-state index contributed by atoms with van der Waals surface area (Å²) in [5, 5.41) is 8.72. The molecule has 0 amide bonds. The summed E-state index contributed by atoms with van der Waals surface area (Å²) in [5.41, 5.74) is 0.440. The minimum atomic E-state index is -2.62. The number of pyridine rings is 1. The van der Waals surface area contributed by atoms with E-state index < -0.39 is 6.43 Å². The lowest BCUT2D eigenvalue weighted by Crippen LogP contribution is -1.98. The molecule has 0 spiro atoms. The lowest BCUT2D eigenvalue weighted by molar-refractivity contribution is 0.145. The fourth-order valence-electron chi connectivity index (χ4n) is 0.960. The predicted octanol–water partition coefficient (Wildman–Crippen LogP) is 2.25. The zero-order chi connectivity index (χ0) is 9.84. The van der Waals surface area contributed by atoms with Crippen molar-refractivity contribution >= 4 is 11.6 Å². The van der Waals surface area contributed by atoms with Crippen molar-refractivity contribution in [2.75, 3.05) is 0 Å². The van der Waals surface area contributed by atoms with Crippen LogP contribution in [0.4, 0.5) is 8.78 Å². The molecule has 2 nitrogen and oxygen atoms in total. The van der Waals surface area contributed by atoms with Gasteiger partial charge in [0.2, 0.25) is 0 Å². The highest BCUT2D eigenvalue weighted by molar-refractivity contribution is 6.17. The van der Waals surface area contributed by atoms with Crippen molar-refractivity contribution in [3.05, 3.63) is 29.1 Å². The molecule has 0 atom stereocenters. The molecule has 1 aromatic heterocycles. The second-order valence-corrected chi connectivity index (χ2v) is 2.75. The quantitative estimate of drug-likeness (QED) is 0.772. The number of aliphatic hydroxyl groups excluding tert-OH is 1. The number of aromatic nitrogens is 1. The average molecular weight is 208 g/mol. The number of rotatable bonds is 3. The standard InChI is InChI=1S/C8H8ClF2NO/c9-2-6-1-5(4-13)3-12-7(6)8(10)11/h1,3,8,13H,2,4H2. The second-order valence-electron chi connectivity index (χ2n) is 2.48. The van der Waals surface area contributed by atoms with Gasteiger partial charge in [0.1, 0.15) is 5.69 Å². The number of alkyl halides is 3. The van der Waals surface area contributed by atoms with E-state index in [1.54, 1.807) is 0 Å². The molecule has 0 aliphatic heterocycles. The van der Waals surface area contributed by atoms with Gasteiger partial charge in [0.05, 0.1) is 6.61 Å². The van der Waals surface area contributed by atoms with Crippen LogP contribution < -0.4 is 0 Å². The number of nitrogens with zero attached hydrogens (tertiary/aromatic N) is 1. The molecule has 0 saturated carbocycles. The molecular formula is C8H8ClF2NO. The highest BCUT2D eigenvalue weighted by Crippen LogP contribution is 2.22. The van der Waals surface area contributed by atoms with Crippen molar-refractivity contribution in [3.8, 4) is 0 Å². The van der Waals surface area contributed by atoms with Crippen LogP contribution in [-0.2, 0) is 12.5 Å². The molecule has 0 aliphatic rings. The van der Waals surface area contributed by atoms with E-state index >= 15 is 0 Å². The van der Waals surface area contributed by atoms with Gasteiger partial charge in [-0.15, -0.1) is 11.6 Å². The number of halogens is 3. The van der Waals surface area contributed by atoms with E-state index in [0.29, 0.717) is 5.56 Å². The molecule has 13 heavy (non-hydrogen) atoms. The van der Waals surface area contributed by atoms with Gasteiger partial charge < -0.3 is 5.11 Å². The van der Waals surface area contributed by atoms with E-state index in [0.717, 1.165) is 0 Å². The molecule has 0 aromatic carbocycles. The number of hydrogen-bond acceptors (Lipinski definition) is 2. The van der Waals surface area contributed by atoms with Crippen molar-refractivity contribution in [3.63, 3.8) is 0 Å². The predicted molar refractivity (Wildman–Crippen MR) is 44.7 cm³/mol. The summed E-state index contributed by atoms with van der Waals surface area (Å²) in [4.78, 5) is 3.53. The van der Waals surface area contributed by atoms with Gasteiger partial charge in [0.15, 0.2) is 0 Å². The van der Waals surface area contributed by atoms with Crippen LogP contribution in [-0.4, -0.2) is 10.1 Å². The molecule has 1 N–H and O–H groups in total. The minimum absolute atomic E-state index is 0.0273. The van der Waals surface area contributed by atoms with E-state index in [9.17, 15) is 8.78 Å². The molecule has 0 bridgehead atoms. The van der Waals surface area contributed by atoms with Gasteiger partial charge in [-0.3, -0.25) is 4.98 Å². The maximum absolute atomic E-state index is 12.3. The van der Waals surface area contributed by atoms with Crippen molar-refractivity contribution in [1.82, 2.24) is 4.98 Å². The van der Waals surface area contributed by atoms with E-state index in [-0.39, 0.29) is 23.7 Å². The van der Waals surface area contributed by atoms with Crippen LogP contribution >= 0.6 is 11.6 Å². The van der Waals surface area contributed by atoms with Crippen molar-refractivity contribution < 1.29 is 13.9 Å². The first-order chi connectivity index (χ1) is 6.19. The molecule has 1 heterocycles. The first kappa shape index (κ1) is 10.3. The molecule has 0 saturated heterocycles. The molecule has 0 unspecified atom stereocenters. The smallest absolute Gasteiger partial charge is 0.280 e. The summed E-state index contributed by atoms with van der Waals surface area (Å²) < 4.78 is 24.5. The van der Waals surface area contributed by atoms with Crippen LogP contribution in [0.25, 0.3) is 0 Å². The van der Waals surface area contributed by atoms with Gasteiger partial charge in [-0.1, -0.05) is 0 Å². The molecule has 1 aromatic rings. The fraction of sp³-hybridized carbons (Fsp3) is 0.375. The normalized spacial score (nSPS) is 10.8. The first-order valence-electron chi connectivity index (χ1n) is 3.61. The second kappa shape index (κ2) is 4.48. The Labute approximate surface area is 79.2 Å². The average Bonchev–Trinajstić information content (AvgIpc) is 2.16. The maximum atomic E-state index is 12.3. The summed E-state index contributed by atoms with van der Waals surface area (Å²) in [6.45, 7) is -0.222. The lowest BCUT2D eigenvalue weighted by atomic mass is 10.1. The first-order valence-corrected chi connectivity index (χ1v) is 4.15. The monoisotopic (exact) mass is 207 g/mol. The molecule has 5 heteroatoms. The third kappa shape index (κ3) is 2.35. The van der Waals surface area contributed by atoms with Crippen LogP contribution in [0.2, 0.25) is 0 Å². The minimum Gasteiger partial charge on any atom is -0.392 e.